The number of hydrogen-bond donors (Lipinski definition) is 1. The van der Waals surface area contributed by atoms with Gasteiger partial charge in [0.25, 0.3) is 0 Å². The van der Waals surface area contributed by atoms with Crippen LogP contribution in [-0.4, -0.2) is 53.5 Å². The smallest absolute Gasteiger partial charge is 0.303 e. The summed E-state index contributed by atoms with van der Waals surface area (Å²) < 4.78 is 25.9. The fraction of sp³-hybridized carbons (Fsp3) is 0.481. The number of ether oxygens (including phenoxy) is 1. The molecule has 1 aliphatic heterocycles. The van der Waals surface area contributed by atoms with Crippen LogP contribution in [0.5, 0.6) is 5.75 Å². The summed E-state index contributed by atoms with van der Waals surface area (Å²) in [6.07, 6.45) is 6.92. The average molecular weight is 501 g/mol. The van der Waals surface area contributed by atoms with Gasteiger partial charge in [-0.05, 0) is 80.0 Å². The number of aliphatic carboxylic acids is 1. The van der Waals surface area contributed by atoms with E-state index < -0.39 is 12.1 Å². The van der Waals surface area contributed by atoms with E-state index in [9.17, 15) is 9.90 Å². The number of hydrogen-bond acceptors (Lipinski definition) is 6. The first-order valence-corrected chi connectivity index (χ1v) is 13.2. The van der Waals surface area contributed by atoms with E-state index in [0.29, 0.717) is 30.1 Å². The van der Waals surface area contributed by atoms with E-state index in [0.717, 1.165) is 54.0 Å². The Hall–Kier alpha value is -2.58. The van der Waals surface area contributed by atoms with Crippen LogP contribution in [0.3, 0.4) is 0 Å². The molecular formula is C27H33FN2O4S. The van der Waals surface area contributed by atoms with E-state index in [1.807, 2.05) is 24.3 Å². The molecule has 8 heteroatoms. The first kappa shape index (κ1) is 25.5. The van der Waals surface area contributed by atoms with Crippen LogP contribution in [-0.2, 0) is 4.79 Å². The molecule has 3 atom stereocenters. The van der Waals surface area contributed by atoms with Gasteiger partial charge in [0.2, 0.25) is 0 Å². The van der Waals surface area contributed by atoms with Crippen molar-refractivity contribution in [2.75, 3.05) is 32.5 Å². The maximum atomic E-state index is 15.5. The number of piperidine rings is 1. The lowest BCUT2D eigenvalue weighted by Crippen LogP contribution is -2.41. The summed E-state index contributed by atoms with van der Waals surface area (Å²) in [6.45, 7) is 2.78. The first-order valence-electron chi connectivity index (χ1n) is 12.2. The standard InChI is InChI=1S/C27H33FN2O4S/c1-33-21-4-6-26-24(16-21)23(8-11-29-26)25(28)5-2-19-9-12-30(17-20(19)3-7-27(31)32)13-15-35-22-10-14-34-18-22/h4,6,8,10-11,14,16,18-20,25H,2-3,5,7,9,12-13,15,17H2,1H3,(H,31,32)/t19?,20?,25-/m0/s1. The summed E-state index contributed by atoms with van der Waals surface area (Å²) in [6, 6.07) is 9.25. The summed E-state index contributed by atoms with van der Waals surface area (Å²) >= 11 is 1.76. The molecule has 1 saturated heterocycles. The molecule has 0 amide bonds. The molecular weight excluding hydrogens is 467 g/mol. The fourth-order valence-corrected chi connectivity index (χ4v) is 5.92. The van der Waals surface area contributed by atoms with Gasteiger partial charge in [0.15, 0.2) is 0 Å². The van der Waals surface area contributed by atoms with Crippen LogP contribution in [0.15, 0.2) is 58.4 Å². The molecule has 4 rings (SSSR count). The van der Waals surface area contributed by atoms with Crippen LogP contribution in [0, 0.1) is 11.8 Å². The highest BCUT2D eigenvalue weighted by Crippen LogP contribution is 2.36. The Balaban J connectivity index is 1.36. The van der Waals surface area contributed by atoms with Crippen LogP contribution in [0.1, 0.15) is 43.8 Å². The molecule has 3 heterocycles. The topological polar surface area (TPSA) is 75.8 Å². The summed E-state index contributed by atoms with van der Waals surface area (Å²) in [7, 11) is 1.60. The van der Waals surface area contributed by atoms with Crippen molar-refractivity contribution in [1.29, 1.82) is 0 Å². The van der Waals surface area contributed by atoms with Gasteiger partial charge in [-0.1, -0.05) is 0 Å². The van der Waals surface area contributed by atoms with Crippen molar-refractivity contribution in [1.82, 2.24) is 9.88 Å². The zero-order valence-electron chi connectivity index (χ0n) is 20.1. The van der Waals surface area contributed by atoms with Gasteiger partial charge in [-0.25, -0.2) is 4.39 Å². The molecule has 188 valence electrons. The molecule has 2 aromatic heterocycles. The fourth-order valence-electron chi connectivity index (χ4n) is 5.06. The lowest BCUT2D eigenvalue weighted by atomic mass is 9.79. The normalized spacial score (nSPS) is 19.6. The minimum atomic E-state index is -1.10. The molecule has 1 aliphatic rings. The molecule has 1 N–H and O–H groups in total. The minimum Gasteiger partial charge on any atom is -0.497 e. The number of aromatic nitrogens is 1. The number of furan rings is 1. The highest BCUT2D eigenvalue weighted by molar-refractivity contribution is 7.99. The maximum Gasteiger partial charge on any atom is 0.303 e. The maximum absolute atomic E-state index is 15.5. The van der Waals surface area contributed by atoms with Crippen LogP contribution < -0.4 is 4.74 Å². The number of likely N-dealkylation sites (tertiary alicyclic amines) is 1. The third kappa shape index (κ3) is 6.98. The van der Waals surface area contributed by atoms with E-state index in [1.165, 1.54) is 0 Å². The van der Waals surface area contributed by atoms with Gasteiger partial charge in [0.05, 0.1) is 18.9 Å². The summed E-state index contributed by atoms with van der Waals surface area (Å²) in [5.41, 5.74) is 1.40. The Bertz CT molecular complexity index is 1090. The van der Waals surface area contributed by atoms with Gasteiger partial charge in [0, 0.05) is 41.7 Å². The number of benzene rings is 1. The Labute approximate surface area is 209 Å². The van der Waals surface area contributed by atoms with Crippen molar-refractivity contribution >= 4 is 28.6 Å². The number of thioether (sulfide) groups is 1. The van der Waals surface area contributed by atoms with Crippen molar-refractivity contribution in [3.05, 3.63) is 54.6 Å². The number of carboxylic acids is 1. The number of carbonyl (C=O) groups is 1. The van der Waals surface area contributed by atoms with Gasteiger partial charge in [-0.15, -0.1) is 11.8 Å². The second kappa shape index (κ2) is 12.4. The third-order valence-corrected chi connectivity index (χ3v) is 7.94. The van der Waals surface area contributed by atoms with E-state index in [-0.39, 0.29) is 12.3 Å². The van der Waals surface area contributed by atoms with Crippen molar-refractivity contribution in [3.8, 4) is 5.75 Å². The van der Waals surface area contributed by atoms with Crippen LogP contribution in [0.25, 0.3) is 10.9 Å². The average Bonchev–Trinajstić information content (AvgIpc) is 3.39. The van der Waals surface area contributed by atoms with Crippen molar-refractivity contribution in [3.63, 3.8) is 0 Å². The second-order valence-corrected chi connectivity index (χ2v) is 10.3. The number of fused-ring (bicyclic) bond motifs is 1. The molecule has 0 radical (unpaired) electrons. The first-order chi connectivity index (χ1) is 17.0. The zero-order chi connectivity index (χ0) is 24.6. The molecule has 0 saturated carbocycles. The highest BCUT2D eigenvalue weighted by atomic mass is 32.2. The quantitative estimate of drug-likeness (QED) is 0.296. The number of pyridine rings is 1. The molecule has 35 heavy (non-hydrogen) atoms. The van der Waals surface area contributed by atoms with E-state index >= 15 is 4.39 Å². The minimum absolute atomic E-state index is 0.159. The summed E-state index contributed by atoms with van der Waals surface area (Å²) in [5, 5.41) is 10.0. The molecule has 0 bridgehead atoms. The van der Waals surface area contributed by atoms with Gasteiger partial charge in [-0.2, -0.15) is 0 Å². The number of carboxylic acid groups (broad SMARTS) is 1. The number of nitrogens with zero attached hydrogens (tertiary/aromatic N) is 2. The van der Waals surface area contributed by atoms with Crippen LogP contribution in [0.2, 0.25) is 0 Å². The molecule has 1 aromatic carbocycles. The Kier molecular flexibility index (Phi) is 9.04. The van der Waals surface area contributed by atoms with Crippen molar-refractivity contribution < 1.29 is 23.4 Å². The molecule has 2 unspecified atom stereocenters. The lowest BCUT2D eigenvalue weighted by Gasteiger charge is -2.39. The number of rotatable bonds is 12. The monoisotopic (exact) mass is 500 g/mol. The molecule has 3 aromatic rings. The number of methoxy groups -OCH3 is 1. The van der Waals surface area contributed by atoms with E-state index in [1.54, 1.807) is 43.7 Å². The zero-order valence-corrected chi connectivity index (χ0v) is 20.9. The Morgan fingerprint density at radius 1 is 1.31 bits per heavy atom. The van der Waals surface area contributed by atoms with Gasteiger partial charge >= 0.3 is 5.97 Å². The highest BCUT2D eigenvalue weighted by Gasteiger charge is 2.30. The van der Waals surface area contributed by atoms with Crippen LogP contribution >= 0.6 is 11.8 Å². The Morgan fingerprint density at radius 2 is 2.20 bits per heavy atom. The summed E-state index contributed by atoms with van der Waals surface area (Å²) in [4.78, 5) is 19.2. The largest absolute Gasteiger partial charge is 0.497 e. The Morgan fingerprint density at radius 3 is 2.97 bits per heavy atom. The SMILES string of the molecule is COc1ccc2nccc([C@@H](F)CCC3CCN(CCSc4ccoc4)CC3CCC(=O)O)c2c1. The van der Waals surface area contributed by atoms with E-state index in [4.69, 9.17) is 9.15 Å². The van der Waals surface area contributed by atoms with Gasteiger partial charge < -0.3 is 19.2 Å². The molecule has 6 nitrogen and oxygen atoms in total. The molecule has 0 spiro atoms. The predicted molar refractivity (Wildman–Crippen MR) is 136 cm³/mol. The third-order valence-electron chi connectivity index (χ3n) is 6.99. The second-order valence-electron chi connectivity index (χ2n) is 9.18. The van der Waals surface area contributed by atoms with Gasteiger partial charge in [0.1, 0.15) is 18.2 Å². The van der Waals surface area contributed by atoms with Crippen LogP contribution in [0.4, 0.5) is 4.39 Å². The van der Waals surface area contributed by atoms with Crippen molar-refractivity contribution in [2.45, 2.75) is 43.2 Å². The van der Waals surface area contributed by atoms with Crippen molar-refractivity contribution in [2.24, 2.45) is 11.8 Å². The predicted octanol–water partition coefficient (Wildman–Crippen LogP) is 6.22. The number of alkyl halides is 1. The molecule has 1 fully saturated rings. The molecule has 0 aliphatic carbocycles. The van der Waals surface area contributed by atoms with Gasteiger partial charge in [-0.3, -0.25) is 9.78 Å². The number of halogens is 1. The summed E-state index contributed by atoms with van der Waals surface area (Å²) in [5.74, 6) is 1.47. The lowest BCUT2D eigenvalue weighted by molar-refractivity contribution is -0.137. The van der Waals surface area contributed by atoms with E-state index in [2.05, 4.69) is 9.88 Å².